The molecule has 0 bridgehead atoms. The monoisotopic (exact) mass is 528 g/mol. The molecule has 5 heterocycles. The number of aromatic nitrogens is 3. The van der Waals surface area contributed by atoms with Crippen molar-refractivity contribution >= 4 is 57.4 Å². The molecule has 2 aliphatic heterocycles. The molecule has 186 valence electrons. The number of pyridine rings is 1. The van der Waals surface area contributed by atoms with Crippen molar-refractivity contribution in [2.45, 2.75) is 24.9 Å². The number of carbonyl (C=O) groups excluding carboxylic acids is 2. The zero-order valence-corrected chi connectivity index (χ0v) is 20.9. The highest BCUT2D eigenvalue weighted by atomic mass is 32.2. The summed E-state index contributed by atoms with van der Waals surface area (Å²) in [5, 5.41) is 17.6. The third-order valence-electron chi connectivity index (χ3n) is 5.93. The van der Waals surface area contributed by atoms with Crippen LogP contribution in [0.4, 0.5) is 5.13 Å². The molecular formula is C22H22N7O5S2+. The molecule has 0 unspecified atom stereocenters. The van der Waals surface area contributed by atoms with Crippen molar-refractivity contribution in [3.05, 3.63) is 58.6 Å². The van der Waals surface area contributed by atoms with Gasteiger partial charge in [0.25, 0.3) is 17.5 Å². The van der Waals surface area contributed by atoms with Gasteiger partial charge in [-0.2, -0.15) is 0 Å². The van der Waals surface area contributed by atoms with Gasteiger partial charge in [0.2, 0.25) is 0 Å². The Labute approximate surface area is 213 Å². The molecule has 1 saturated heterocycles. The van der Waals surface area contributed by atoms with E-state index in [1.807, 2.05) is 46.6 Å². The van der Waals surface area contributed by atoms with E-state index in [0.29, 0.717) is 17.9 Å². The predicted molar refractivity (Wildman–Crippen MR) is 132 cm³/mol. The molecule has 12 nitrogen and oxygen atoms in total. The lowest BCUT2D eigenvalue weighted by atomic mass is 10.0. The van der Waals surface area contributed by atoms with Gasteiger partial charge in [0.15, 0.2) is 10.8 Å². The second-order valence-electron chi connectivity index (χ2n) is 8.16. The van der Waals surface area contributed by atoms with Crippen molar-refractivity contribution in [2.24, 2.45) is 5.16 Å². The number of nitrogens with zero attached hydrogens (tertiary/aromatic N) is 5. The first-order chi connectivity index (χ1) is 17.3. The highest BCUT2D eigenvalue weighted by Crippen LogP contribution is 2.40. The van der Waals surface area contributed by atoms with Gasteiger partial charge >= 0.3 is 5.97 Å². The topological polar surface area (TPSA) is 156 Å². The van der Waals surface area contributed by atoms with Crippen LogP contribution in [0.1, 0.15) is 11.3 Å². The zero-order chi connectivity index (χ0) is 25.6. The molecule has 36 heavy (non-hydrogen) atoms. The van der Waals surface area contributed by atoms with E-state index in [9.17, 15) is 19.5 Å². The second kappa shape index (κ2) is 9.28. The van der Waals surface area contributed by atoms with Gasteiger partial charge in [-0.05, 0) is 19.1 Å². The van der Waals surface area contributed by atoms with Gasteiger partial charge in [-0.3, -0.25) is 14.5 Å². The quantitative estimate of drug-likeness (QED) is 0.172. The first-order valence-corrected chi connectivity index (χ1v) is 12.7. The van der Waals surface area contributed by atoms with Crippen LogP contribution in [0.5, 0.6) is 0 Å². The first-order valence-electron chi connectivity index (χ1n) is 10.8. The van der Waals surface area contributed by atoms with Gasteiger partial charge < -0.3 is 21.0 Å². The molecule has 0 spiro atoms. The summed E-state index contributed by atoms with van der Waals surface area (Å²) in [5.74, 6) is -1.97. The average Bonchev–Trinajstić information content (AvgIpc) is 3.47. The van der Waals surface area contributed by atoms with Crippen molar-refractivity contribution in [3.63, 3.8) is 0 Å². The summed E-state index contributed by atoms with van der Waals surface area (Å²) in [6.45, 7) is 2.30. The van der Waals surface area contributed by atoms with Crippen LogP contribution in [0.3, 0.4) is 0 Å². The lowest BCUT2D eigenvalue weighted by molar-refractivity contribution is -0.662. The minimum atomic E-state index is -1.19. The molecular weight excluding hydrogens is 506 g/mol. The molecule has 14 heteroatoms. The highest BCUT2D eigenvalue weighted by Gasteiger charge is 2.54. The number of nitrogen functional groups attached to an aromatic ring is 1. The van der Waals surface area contributed by atoms with Crippen molar-refractivity contribution in [2.75, 3.05) is 18.6 Å². The summed E-state index contributed by atoms with van der Waals surface area (Å²) >= 11 is 2.53. The fourth-order valence-electron chi connectivity index (χ4n) is 4.39. The molecule has 3 aromatic heterocycles. The van der Waals surface area contributed by atoms with Crippen LogP contribution in [-0.4, -0.2) is 67.2 Å². The number of hydrogen-bond donors (Lipinski definition) is 3. The Kier molecular flexibility index (Phi) is 6.14. The highest BCUT2D eigenvalue weighted by molar-refractivity contribution is 8.00. The number of carboxylic acids is 1. The number of carboxylic acid groups (broad SMARTS) is 1. The zero-order valence-electron chi connectivity index (χ0n) is 19.2. The Hall–Kier alpha value is -3.91. The third-order valence-corrected chi connectivity index (χ3v) is 7.94. The van der Waals surface area contributed by atoms with Crippen LogP contribution < -0.4 is 15.6 Å². The van der Waals surface area contributed by atoms with Gasteiger partial charge in [-0.25, -0.2) is 18.7 Å². The van der Waals surface area contributed by atoms with Crippen LogP contribution in [0.2, 0.25) is 0 Å². The molecule has 2 atom stereocenters. The fraction of sp³-hybridized carbons (Fsp3) is 0.273. The van der Waals surface area contributed by atoms with E-state index in [4.69, 9.17) is 10.6 Å². The number of amides is 2. The Morgan fingerprint density at radius 2 is 2.22 bits per heavy atom. The van der Waals surface area contributed by atoms with Crippen molar-refractivity contribution in [1.82, 2.24) is 19.6 Å². The van der Waals surface area contributed by atoms with Gasteiger partial charge in [0, 0.05) is 22.3 Å². The number of nitrogens with two attached hydrogens (primary N) is 1. The third kappa shape index (κ3) is 3.97. The van der Waals surface area contributed by atoms with Crippen LogP contribution in [0, 0.1) is 6.92 Å². The Bertz CT molecular complexity index is 1460. The molecule has 3 aromatic rings. The maximum Gasteiger partial charge on any atom is 0.352 e. The number of thiazole rings is 1. The Morgan fingerprint density at radius 3 is 2.92 bits per heavy atom. The number of aliphatic carboxylic acids is 1. The van der Waals surface area contributed by atoms with E-state index >= 15 is 0 Å². The maximum absolute atomic E-state index is 13.1. The molecule has 0 saturated carbocycles. The summed E-state index contributed by atoms with van der Waals surface area (Å²) in [7, 11) is 1.29. The largest absolute Gasteiger partial charge is 0.477 e. The van der Waals surface area contributed by atoms with E-state index in [-0.39, 0.29) is 22.2 Å². The summed E-state index contributed by atoms with van der Waals surface area (Å²) < 4.78 is 3.93. The van der Waals surface area contributed by atoms with Crippen LogP contribution >= 0.6 is 23.1 Å². The summed E-state index contributed by atoms with van der Waals surface area (Å²) in [5.41, 5.74) is 8.30. The maximum atomic E-state index is 13.1. The number of hydrogen-bond acceptors (Lipinski definition) is 9. The lowest BCUT2D eigenvalue weighted by Gasteiger charge is -2.49. The van der Waals surface area contributed by atoms with Gasteiger partial charge in [0.1, 0.15) is 48.9 Å². The number of oxime groups is 1. The van der Waals surface area contributed by atoms with Crippen LogP contribution in [-0.2, 0) is 25.8 Å². The summed E-state index contributed by atoms with van der Waals surface area (Å²) in [4.78, 5) is 48.3. The number of nitrogens with one attached hydrogen (secondary N) is 1. The Morgan fingerprint density at radius 1 is 1.42 bits per heavy atom. The number of thioether (sulfide) groups is 1. The molecule has 1 fully saturated rings. The normalized spacial score (nSPS) is 19.8. The van der Waals surface area contributed by atoms with Crippen LogP contribution in [0.15, 0.2) is 52.5 Å². The number of rotatable bonds is 7. The van der Waals surface area contributed by atoms with Crippen LogP contribution in [0.25, 0.3) is 5.65 Å². The number of aryl methyl sites for hydroxylation is 1. The molecule has 0 radical (unpaired) electrons. The number of imidazole rings is 1. The molecule has 0 aromatic carbocycles. The summed E-state index contributed by atoms with van der Waals surface area (Å²) in [6.07, 6.45) is 5.70. The molecule has 2 aliphatic rings. The summed E-state index contributed by atoms with van der Waals surface area (Å²) in [6, 6.07) is 3.01. The lowest BCUT2D eigenvalue weighted by Crippen LogP contribution is -2.71. The van der Waals surface area contributed by atoms with E-state index < -0.39 is 29.2 Å². The molecule has 2 amide bonds. The van der Waals surface area contributed by atoms with Crippen molar-refractivity contribution < 1.29 is 28.9 Å². The Balaban J connectivity index is 1.38. The predicted octanol–water partition coefficient (Wildman–Crippen LogP) is 0.363. The minimum Gasteiger partial charge on any atom is -0.477 e. The van der Waals surface area contributed by atoms with E-state index in [1.54, 1.807) is 5.38 Å². The van der Waals surface area contributed by atoms with E-state index in [1.165, 1.54) is 23.8 Å². The second-order valence-corrected chi connectivity index (χ2v) is 10.2. The first kappa shape index (κ1) is 23.8. The van der Waals surface area contributed by atoms with Crippen molar-refractivity contribution in [3.8, 4) is 0 Å². The molecule has 0 aliphatic carbocycles. The van der Waals surface area contributed by atoms with Gasteiger partial charge in [-0.15, -0.1) is 23.1 Å². The number of anilines is 1. The minimum absolute atomic E-state index is 0.0484. The smallest absolute Gasteiger partial charge is 0.352 e. The number of carbonyl (C=O) groups is 3. The molecule has 5 rings (SSSR count). The van der Waals surface area contributed by atoms with E-state index in [2.05, 4.69) is 15.5 Å². The number of β-lactam (4-membered cyclic amide) rings is 1. The fourth-order valence-corrected chi connectivity index (χ4v) is 6.27. The average molecular weight is 529 g/mol. The van der Waals surface area contributed by atoms with Gasteiger partial charge in [0.05, 0.1) is 6.20 Å². The molecule has 4 N–H and O–H groups in total. The SMILES string of the molecule is CO/N=C(\C(=O)N[C@@H]1C(=O)N2C(C(=O)O)=C(C[n+]3ccn4cccc(C)c43)CS[C@H]12)c1csc(N)n1. The van der Waals surface area contributed by atoms with Gasteiger partial charge in [-0.1, -0.05) is 5.16 Å². The van der Waals surface area contributed by atoms with E-state index in [0.717, 1.165) is 22.5 Å². The number of fused-ring (bicyclic) bond motifs is 2. The van der Waals surface area contributed by atoms with Crippen molar-refractivity contribution in [1.29, 1.82) is 0 Å². The standard InChI is InChI=1S/C22H21N7O5S2/c1-11-4-3-5-27-6-7-28(18(11)27)8-12-9-35-20-15(19(31)29(20)16(12)21(32)33)25-17(30)14(26-34-2)13-10-36-22(23)24-13/h3-7,10,15,20H,8-9H2,1-2H3,(H3-,23,24,25,30,32,33)/p+1/b26-14-/t15-,20-/m1/s1.